The van der Waals surface area contributed by atoms with E-state index in [0.29, 0.717) is 38.3 Å². The predicted molar refractivity (Wildman–Crippen MR) is 89.9 cm³/mol. The van der Waals surface area contributed by atoms with E-state index in [1.54, 1.807) is 4.90 Å². The molecular weight excluding hydrogens is 346 g/mol. The van der Waals surface area contributed by atoms with Crippen LogP contribution in [0.2, 0.25) is 0 Å². The molecule has 1 aliphatic heterocycles. The number of halogens is 1. The van der Waals surface area contributed by atoms with Crippen molar-refractivity contribution in [1.82, 2.24) is 15.1 Å². The van der Waals surface area contributed by atoms with Crippen molar-refractivity contribution >= 4 is 27.9 Å². The van der Waals surface area contributed by atoms with Crippen LogP contribution in [0.15, 0.2) is 28.7 Å². The summed E-state index contributed by atoms with van der Waals surface area (Å²) in [6, 6.07) is 7.39. The first-order valence-corrected chi connectivity index (χ1v) is 8.48. The zero-order valence-electron chi connectivity index (χ0n) is 12.8. The number of benzene rings is 1. The molecule has 6 heteroatoms. The van der Waals surface area contributed by atoms with Crippen LogP contribution in [0.25, 0.3) is 0 Å². The molecule has 1 saturated heterocycles. The van der Waals surface area contributed by atoms with Crippen LogP contribution in [-0.2, 0) is 0 Å². The number of nitrogens with zero attached hydrogens (tertiary/aromatic N) is 2. The van der Waals surface area contributed by atoms with Crippen LogP contribution in [0.5, 0.6) is 0 Å². The normalized spacial score (nSPS) is 15.4. The molecule has 1 aromatic carbocycles. The molecule has 1 aliphatic rings. The fourth-order valence-corrected chi connectivity index (χ4v) is 2.87. The molecule has 0 saturated carbocycles. The van der Waals surface area contributed by atoms with Crippen LogP contribution in [-0.4, -0.2) is 54.5 Å². The van der Waals surface area contributed by atoms with Crippen molar-refractivity contribution in [3.05, 3.63) is 34.3 Å². The molecule has 0 radical (unpaired) electrons. The highest BCUT2D eigenvalue weighted by Crippen LogP contribution is 2.15. The maximum Gasteiger partial charge on any atom is 0.317 e. The number of nitrogens with one attached hydrogen (secondary N) is 1. The van der Waals surface area contributed by atoms with Crippen molar-refractivity contribution in [3.8, 4) is 0 Å². The summed E-state index contributed by atoms with van der Waals surface area (Å²) in [5.74, 6) is 0.0251. The lowest BCUT2D eigenvalue weighted by Gasteiger charge is -2.22. The fraction of sp³-hybridized carbons (Fsp3) is 0.500. The van der Waals surface area contributed by atoms with Crippen molar-refractivity contribution in [2.24, 2.45) is 0 Å². The van der Waals surface area contributed by atoms with Gasteiger partial charge in [0.25, 0.3) is 5.91 Å². The molecule has 0 aliphatic carbocycles. The lowest BCUT2D eigenvalue weighted by atomic mass is 10.2. The molecule has 120 valence electrons. The standard InChI is InChI=1S/C16H22BrN3O2/c1-2-7-18-16(22)20-9-4-8-19(10-11-20)15(21)13-5-3-6-14(17)12-13/h3,5-6,12H,2,4,7-11H2,1H3,(H,18,22). The smallest absolute Gasteiger partial charge is 0.317 e. The van der Waals surface area contributed by atoms with E-state index in [1.807, 2.05) is 36.1 Å². The number of hydrogen-bond donors (Lipinski definition) is 1. The van der Waals surface area contributed by atoms with E-state index >= 15 is 0 Å². The Morgan fingerprint density at radius 1 is 1.18 bits per heavy atom. The van der Waals surface area contributed by atoms with Gasteiger partial charge in [-0.3, -0.25) is 4.79 Å². The van der Waals surface area contributed by atoms with Crippen LogP contribution < -0.4 is 5.32 Å². The van der Waals surface area contributed by atoms with E-state index in [2.05, 4.69) is 21.2 Å². The number of urea groups is 1. The van der Waals surface area contributed by atoms with Gasteiger partial charge in [-0.05, 0) is 31.0 Å². The molecule has 3 amide bonds. The van der Waals surface area contributed by atoms with Crippen LogP contribution in [0, 0.1) is 0 Å². The van der Waals surface area contributed by atoms with Gasteiger partial charge in [-0.25, -0.2) is 4.79 Å². The Hall–Kier alpha value is -1.56. The van der Waals surface area contributed by atoms with Crippen LogP contribution in [0.1, 0.15) is 30.1 Å². The molecular formula is C16H22BrN3O2. The first-order chi connectivity index (χ1) is 10.6. The molecule has 5 nitrogen and oxygen atoms in total. The Labute approximate surface area is 139 Å². The fourth-order valence-electron chi connectivity index (χ4n) is 2.47. The highest BCUT2D eigenvalue weighted by Gasteiger charge is 2.22. The van der Waals surface area contributed by atoms with E-state index < -0.39 is 0 Å². The van der Waals surface area contributed by atoms with E-state index in [0.717, 1.165) is 17.3 Å². The molecule has 0 unspecified atom stereocenters. The molecule has 22 heavy (non-hydrogen) atoms. The third-order valence-electron chi connectivity index (χ3n) is 3.67. The minimum atomic E-state index is -0.0291. The summed E-state index contributed by atoms with van der Waals surface area (Å²) in [4.78, 5) is 28.2. The summed E-state index contributed by atoms with van der Waals surface area (Å²) in [5, 5.41) is 2.89. The molecule has 0 atom stereocenters. The quantitative estimate of drug-likeness (QED) is 0.892. The lowest BCUT2D eigenvalue weighted by molar-refractivity contribution is 0.0762. The van der Waals surface area contributed by atoms with Gasteiger partial charge in [-0.2, -0.15) is 0 Å². The van der Waals surface area contributed by atoms with Gasteiger partial charge in [0.2, 0.25) is 0 Å². The maximum atomic E-state index is 12.5. The number of carbonyl (C=O) groups excluding carboxylic acids is 2. The number of rotatable bonds is 3. The van der Waals surface area contributed by atoms with Crippen LogP contribution >= 0.6 is 15.9 Å². The SMILES string of the molecule is CCCNC(=O)N1CCCN(C(=O)c2cccc(Br)c2)CC1. The highest BCUT2D eigenvalue weighted by molar-refractivity contribution is 9.10. The van der Waals surface area contributed by atoms with Gasteiger partial charge in [0.05, 0.1) is 0 Å². The second kappa shape index (κ2) is 8.17. The number of carbonyl (C=O) groups is 2. The zero-order valence-corrected chi connectivity index (χ0v) is 14.4. The van der Waals surface area contributed by atoms with Gasteiger partial charge in [-0.1, -0.05) is 28.9 Å². The first kappa shape index (κ1) is 16.8. The molecule has 0 spiro atoms. The minimum Gasteiger partial charge on any atom is -0.338 e. The highest BCUT2D eigenvalue weighted by atomic mass is 79.9. The Bertz CT molecular complexity index is 536. The molecule has 1 heterocycles. The van der Waals surface area contributed by atoms with Crippen molar-refractivity contribution in [2.45, 2.75) is 19.8 Å². The van der Waals surface area contributed by atoms with Gasteiger partial charge >= 0.3 is 6.03 Å². The summed E-state index contributed by atoms with van der Waals surface area (Å²) in [7, 11) is 0. The Kier molecular flexibility index (Phi) is 6.24. The van der Waals surface area contributed by atoms with Crippen LogP contribution in [0.4, 0.5) is 4.79 Å². The van der Waals surface area contributed by atoms with Gasteiger partial charge in [-0.15, -0.1) is 0 Å². The Balaban J connectivity index is 1.95. The molecule has 1 fully saturated rings. The number of hydrogen-bond acceptors (Lipinski definition) is 2. The van der Waals surface area contributed by atoms with Crippen molar-refractivity contribution in [2.75, 3.05) is 32.7 Å². The van der Waals surface area contributed by atoms with E-state index in [1.165, 1.54) is 0 Å². The second-order valence-electron chi connectivity index (χ2n) is 5.38. The van der Waals surface area contributed by atoms with E-state index in [-0.39, 0.29) is 11.9 Å². The molecule has 1 aromatic rings. The van der Waals surface area contributed by atoms with Crippen molar-refractivity contribution in [1.29, 1.82) is 0 Å². The number of amides is 3. The van der Waals surface area contributed by atoms with Crippen LogP contribution in [0.3, 0.4) is 0 Å². The van der Waals surface area contributed by atoms with Gasteiger partial charge in [0, 0.05) is 42.8 Å². The van der Waals surface area contributed by atoms with Gasteiger partial charge in [0.1, 0.15) is 0 Å². The summed E-state index contributed by atoms with van der Waals surface area (Å²) in [6.45, 7) is 5.25. The first-order valence-electron chi connectivity index (χ1n) is 7.69. The Morgan fingerprint density at radius 2 is 1.91 bits per heavy atom. The average Bonchev–Trinajstić information content (AvgIpc) is 2.78. The summed E-state index contributed by atoms with van der Waals surface area (Å²) < 4.78 is 0.897. The lowest BCUT2D eigenvalue weighted by Crippen LogP contribution is -2.42. The molecule has 2 rings (SSSR count). The third kappa shape index (κ3) is 4.47. The zero-order chi connectivity index (χ0) is 15.9. The van der Waals surface area contributed by atoms with Gasteiger partial charge < -0.3 is 15.1 Å². The molecule has 0 aromatic heterocycles. The monoisotopic (exact) mass is 367 g/mol. The van der Waals surface area contributed by atoms with E-state index in [4.69, 9.17) is 0 Å². The second-order valence-corrected chi connectivity index (χ2v) is 6.29. The predicted octanol–water partition coefficient (Wildman–Crippen LogP) is 2.72. The van der Waals surface area contributed by atoms with Gasteiger partial charge in [0.15, 0.2) is 0 Å². The summed E-state index contributed by atoms with van der Waals surface area (Å²) >= 11 is 3.39. The largest absolute Gasteiger partial charge is 0.338 e. The topological polar surface area (TPSA) is 52.7 Å². The van der Waals surface area contributed by atoms with Crippen molar-refractivity contribution < 1.29 is 9.59 Å². The van der Waals surface area contributed by atoms with E-state index in [9.17, 15) is 9.59 Å². The Morgan fingerprint density at radius 3 is 2.64 bits per heavy atom. The average molecular weight is 368 g/mol. The molecule has 0 bridgehead atoms. The minimum absolute atomic E-state index is 0.0251. The molecule has 1 N–H and O–H groups in total. The maximum absolute atomic E-state index is 12.5. The summed E-state index contributed by atoms with van der Waals surface area (Å²) in [6.07, 6.45) is 1.73. The van der Waals surface area contributed by atoms with Crippen molar-refractivity contribution in [3.63, 3.8) is 0 Å². The third-order valence-corrected chi connectivity index (χ3v) is 4.16. The summed E-state index contributed by atoms with van der Waals surface area (Å²) in [5.41, 5.74) is 0.679.